The number of carbonyl (C=O) groups is 2. The summed E-state index contributed by atoms with van der Waals surface area (Å²) < 4.78 is 8.89. The summed E-state index contributed by atoms with van der Waals surface area (Å²) in [6, 6.07) is 6.86. The summed E-state index contributed by atoms with van der Waals surface area (Å²) in [4.78, 5) is 32.2. The quantitative estimate of drug-likeness (QED) is 0.153. The highest BCUT2D eigenvalue weighted by atomic mass is 127. The monoisotopic (exact) mass is 565 g/mol. The number of halogens is 1. The van der Waals surface area contributed by atoms with Crippen LogP contribution in [-0.4, -0.2) is 41.0 Å². The maximum Gasteiger partial charge on any atom is 0.408 e. The number of guanidine groups is 1. The van der Waals surface area contributed by atoms with E-state index in [0.717, 1.165) is 23.2 Å². The highest BCUT2D eigenvalue weighted by Gasteiger charge is 2.23. The molecule has 1 unspecified atom stereocenters. The number of aromatic nitrogens is 1. The molecule has 0 spiro atoms. The lowest BCUT2D eigenvalue weighted by atomic mass is 10.2. The largest absolute Gasteiger partial charge is 0.444 e. The van der Waals surface area contributed by atoms with Gasteiger partial charge < -0.3 is 15.8 Å². The smallest absolute Gasteiger partial charge is 0.408 e. The Bertz CT molecular complexity index is 834. The lowest BCUT2D eigenvalue weighted by Gasteiger charge is -2.21. The number of fused-ring (bicyclic) bond motifs is 1. The first-order valence-corrected chi connectivity index (χ1v) is 13.5. The molecule has 0 radical (unpaired) electrons. The summed E-state index contributed by atoms with van der Waals surface area (Å²) in [6.07, 6.45) is 0.429. The molecular formula is C19H28IN5O3S2. The maximum absolute atomic E-state index is 12.3. The van der Waals surface area contributed by atoms with E-state index in [1.54, 1.807) is 27.7 Å². The van der Waals surface area contributed by atoms with Gasteiger partial charge in [0, 0.05) is 36.9 Å². The number of amides is 1. The number of ketones is 1. The Hall–Kier alpha value is -1.60. The van der Waals surface area contributed by atoms with Gasteiger partial charge in [-0.25, -0.2) is 9.78 Å². The van der Waals surface area contributed by atoms with Crippen LogP contribution in [0.2, 0.25) is 0 Å². The van der Waals surface area contributed by atoms with Crippen molar-refractivity contribution in [1.82, 2.24) is 15.0 Å². The number of nitrogens with zero attached hydrogens (tertiary/aromatic N) is 2. The molecule has 11 heteroatoms. The van der Waals surface area contributed by atoms with E-state index in [1.807, 2.05) is 24.3 Å². The minimum absolute atomic E-state index is 0.220. The molecule has 1 heterocycles. The molecule has 1 aromatic heterocycles. The first-order valence-electron chi connectivity index (χ1n) is 9.30. The molecule has 30 heavy (non-hydrogen) atoms. The molecule has 1 atom stereocenters. The van der Waals surface area contributed by atoms with Crippen LogP contribution in [-0.2, 0) is 4.74 Å². The molecule has 8 nitrogen and oxygen atoms in total. The van der Waals surface area contributed by atoms with Gasteiger partial charge in [-0.1, -0.05) is 19.1 Å². The highest BCUT2D eigenvalue weighted by molar-refractivity contribution is 14.2. The van der Waals surface area contributed by atoms with Crippen molar-refractivity contribution in [2.75, 3.05) is 6.54 Å². The summed E-state index contributed by atoms with van der Waals surface area (Å²) in [5, 5.41) is 2.92. The Morgan fingerprint density at radius 2 is 2.03 bits per heavy atom. The number of thiazole rings is 1. The van der Waals surface area contributed by atoms with E-state index in [-0.39, 0.29) is 5.78 Å². The van der Waals surface area contributed by atoms with Gasteiger partial charge in [-0.05, 0) is 46.2 Å². The lowest BCUT2D eigenvalue weighted by Crippen LogP contribution is -2.41. The molecule has 4 N–H and O–H groups in total. The van der Waals surface area contributed by atoms with Crippen molar-refractivity contribution in [3.8, 4) is 0 Å². The molecule has 2 aromatic rings. The molecule has 1 amide bonds. The number of hydrogen-bond acceptors (Lipinski definition) is 7. The van der Waals surface area contributed by atoms with Crippen molar-refractivity contribution in [2.45, 2.75) is 52.7 Å². The van der Waals surface area contributed by atoms with E-state index in [2.05, 4.69) is 48.1 Å². The van der Waals surface area contributed by atoms with E-state index >= 15 is 0 Å². The fourth-order valence-corrected chi connectivity index (χ4v) is 3.83. The second kappa shape index (κ2) is 13.0. The number of ether oxygens (including phenoxy) is 1. The number of Topliss-reactive ketones (excluding diaryl/α,β-unsaturated/α-hetero) is 1. The fraction of sp³-hybridized carbons (Fsp3) is 0.474. The van der Waals surface area contributed by atoms with Gasteiger partial charge >= 0.3 is 6.09 Å². The predicted molar refractivity (Wildman–Crippen MR) is 134 cm³/mol. The summed E-state index contributed by atoms with van der Waals surface area (Å²) in [5.41, 5.74) is 5.58. The number of benzene rings is 1. The standard InChI is InChI=1S/C15H18N2O3S.C4H10IN3S/c1-9(16-14(19)20-15(2,3)4)12(18)13-17-10-7-5-6-8-11(10)21-13;1-2-3-7-4(6)8-9-5/h5-9H,1-4H3,(H,16,19);2-3H2,1H3,(H3,6,7,8). The van der Waals surface area contributed by atoms with Gasteiger partial charge in [0.1, 0.15) is 5.60 Å². The second-order valence-corrected chi connectivity index (χ2v) is 9.88. The molecule has 0 aliphatic rings. The number of nitrogens with one attached hydrogen (secondary N) is 2. The molecule has 0 aliphatic heterocycles. The zero-order chi connectivity index (χ0) is 22.7. The Balaban J connectivity index is 0.000000424. The summed E-state index contributed by atoms with van der Waals surface area (Å²) >= 11 is 3.42. The average Bonchev–Trinajstić information content (AvgIpc) is 3.09. The molecule has 2 rings (SSSR count). The minimum Gasteiger partial charge on any atom is -0.444 e. The van der Waals surface area contributed by atoms with Crippen LogP contribution < -0.4 is 15.8 Å². The predicted octanol–water partition coefficient (Wildman–Crippen LogP) is 4.69. The van der Waals surface area contributed by atoms with Gasteiger partial charge in [-0.2, -0.15) is 0 Å². The van der Waals surface area contributed by atoms with Crippen molar-refractivity contribution in [2.24, 2.45) is 10.7 Å². The lowest BCUT2D eigenvalue weighted by molar-refractivity contribution is 0.0497. The van der Waals surface area contributed by atoms with Gasteiger partial charge in [-0.15, -0.1) is 11.3 Å². The van der Waals surface area contributed by atoms with Crippen LogP contribution >= 0.6 is 41.7 Å². The number of para-hydroxylation sites is 1. The van der Waals surface area contributed by atoms with E-state index in [9.17, 15) is 9.59 Å². The maximum atomic E-state index is 12.3. The number of rotatable bonds is 6. The summed E-state index contributed by atoms with van der Waals surface area (Å²) in [7, 11) is 1.42. The van der Waals surface area contributed by atoms with Crippen molar-refractivity contribution in [3.63, 3.8) is 0 Å². The van der Waals surface area contributed by atoms with E-state index in [0.29, 0.717) is 11.0 Å². The molecule has 0 saturated heterocycles. The molecule has 166 valence electrons. The second-order valence-electron chi connectivity index (χ2n) is 7.17. The van der Waals surface area contributed by atoms with Crippen LogP contribution in [0.5, 0.6) is 0 Å². The van der Waals surface area contributed by atoms with E-state index in [4.69, 9.17) is 10.5 Å². The summed E-state index contributed by atoms with van der Waals surface area (Å²) in [5.74, 6) is 0.290. The minimum atomic E-state index is -0.680. The van der Waals surface area contributed by atoms with Gasteiger partial charge in [-0.3, -0.25) is 14.5 Å². The average molecular weight is 566 g/mol. The Labute approximate surface area is 197 Å². The topological polar surface area (TPSA) is 119 Å². The van der Waals surface area contributed by atoms with Crippen LogP contribution in [0, 0.1) is 0 Å². The van der Waals surface area contributed by atoms with Gasteiger partial charge in [0.15, 0.2) is 11.0 Å². The zero-order valence-corrected chi connectivity index (χ0v) is 21.5. The van der Waals surface area contributed by atoms with Gasteiger partial charge in [0.25, 0.3) is 0 Å². The number of hydrogen-bond donors (Lipinski definition) is 3. The summed E-state index contributed by atoms with van der Waals surface area (Å²) in [6.45, 7) is 9.80. The molecule has 0 fully saturated rings. The van der Waals surface area contributed by atoms with Crippen molar-refractivity contribution in [1.29, 1.82) is 0 Å². The number of aliphatic imine (C=N–C) groups is 1. The van der Waals surface area contributed by atoms with Crippen LogP contribution in [0.15, 0.2) is 29.3 Å². The molecule has 0 aliphatic carbocycles. The normalized spacial score (nSPS) is 12.5. The van der Waals surface area contributed by atoms with Crippen LogP contribution in [0.3, 0.4) is 0 Å². The van der Waals surface area contributed by atoms with E-state index < -0.39 is 17.7 Å². The number of nitrogens with two attached hydrogens (primary N) is 1. The van der Waals surface area contributed by atoms with Crippen molar-refractivity contribution >= 4 is 69.7 Å². The SMILES string of the molecule is CC(NC(=O)OC(C)(C)C)C(=O)c1nc2ccccc2s1.CCCN=C(N)NSI. The Morgan fingerprint density at radius 3 is 2.60 bits per heavy atom. The molecule has 0 bridgehead atoms. The highest BCUT2D eigenvalue weighted by Crippen LogP contribution is 2.22. The Kier molecular flexibility index (Phi) is 11.4. The van der Waals surface area contributed by atoms with Crippen LogP contribution in [0.1, 0.15) is 50.8 Å². The third kappa shape index (κ3) is 9.94. The molecular weight excluding hydrogens is 537 g/mol. The molecule has 1 aromatic carbocycles. The van der Waals surface area contributed by atoms with Crippen molar-refractivity contribution in [3.05, 3.63) is 29.3 Å². The first kappa shape index (κ1) is 26.4. The Morgan fingerprint density at radius 1 is 1.37 bits per heavy atom. The van der Waals surface area contributed by atoms with Gasteiger partial charge in [0.2, 0.25) is 5.78 Å². The zero-order valence-electron chi connectivity index (χ0n) is 17.7. The number of carbonyl (C=O) groups excluding carboxylic acids is 2. The van der Waals surface area contributed by atoms with E-state index in [1.165, 1.54) is 20.5 Å². The van der Waals surface area contributed by atoms with Gasteiger partial charge in [0.05, 0.1) is 16.3 Å². The van der Waals surface area contributed by atoms with Crippen molar-refractivity contribution < 1.29 is 14.3 Å². The third-order valence-electron chi connectivity index (χ3n) is 3.28. The third-order valence-corrected chi connectivity index (χ3v) is 5.28. The number of alkyl carbamates (subject to hydrolysis) is 1. The fourth-order valence-electron chi connectivity index (χ4n) is 2.02. The first-order chi connectivity index (χ1) is 14.1. The molecule has 0 saturated carbocycles. The van der Waals surface area contributed by atoms with Crippen LogP contribution in [0.4, 0.5) is 4.79 Å². The van der Waals surface area contributed by atoms with Crippen LogP contribution in [0.25, 0.3) is 10.2 Å².